The molecule has 3 N–H and O–H groups in total. The Balaban J connectivity index is 2.13. The SMILES string of the molecule is CN(C)[C@@H](CN)C(=O)Nc1ccc(N2CCOCC2=O)c(F)c1. The number of carbonyl (C=O) groups excluding carboxylic acids is 2. The van der Waals surface area contributed by atoms with Gasteiger partial charge in [0.1, 0.15) is 18.5 Å². The van der Waals surface area contributed by atoms with Gasteiger partial charge in [-0.3, -0.25) is 14.5 Å². The minimum atomic E-state index is -0.577. The van der Waals surface area contributed by atoms with Crippen LogP contribution in [-0.2, 0) is 14.3 Å². The number of hydrogen-bond acceptors (Lipinski definition) is 5. The normalized spacial score (nSPS) is 16.6. The van der Waals surface area contributed by atoms with Crippen molar-refractivity contribution in [1.82, 2.24) is 4.90 Å². The number of amides is 2. The van der Waals surface area contributed by atoms with E-state index in [1.165, 1.54) is 17.0 Å². The molecule has 0 radical (unpaired) electrons. The Kier molecular flexibility index (Phi) is 5.64. The summed E-state index contributed by atoms with van der Waals surface area (Å²) in [5, 5.41) is 2.63. The molecule has 0 saturated carbocycles. The number of benzene rings is 1. The first-order valence-corrected chi connectivity index (χ1v) is 7.29. The third-order valence-electron chi connectivity index (χ3n) is 3.64. The van der Waals surface area contributed by atoms with E-state index in [0.29, 0.717) is 18.8 Å². The summed E-state index contributed by atoms with van der Waals surface area (Å²) in [5.41, 5.74) is 6.06. The van der Waals surface area contributed by atoms with E-state index in [2.05, 4.69) is 5.32 Å². The van der Waals surface area contributed by atoms with E-state index in [1.807, 2.05) is 0 Å². The number of likely N-dealkylation sites (N-methyl/N-ethyl adjacent to an activating group) is 1. The van der Waals surface area contributed by atoms with Crippen LogP contribution in [0.3, 0.4) is 0 Å². The smallest absolute Gasteiger partial charge is 0.253 e. The van der Waals surface area contributed by atoms with Crippen LogP contribution in [0.25, 0.3) is 0 Å². The molecule has 1 atom stereocenters. The van der Waals surface area contributed by atoms with Gasteiger partial charge in [0.15, 0.2) is 0 Å². The molecule has 1 aliphatic rings. The first-order valence-electron chi connectivity index (χ1n) is 7.29. The van der Waals surface area contributed by atoms with E-state index in [1.54, 1.807) is 25.1 Å². The van der Waals surface area contributed by atoms with E-state index in [4.69, 9.17) is 10.5 Å². The number of hydrogen-bond donors (Lipinski definition) is 2. The maximum Gasteiger partial charge on any atom is 0.253 e. The van der Waals surface area contributed by atoms with E-state index < -0.39 is 11.9 Å². The van der Waals surface area contributed by atoms with E-state index in [0.717, 1.165) is 0 Å². The van der Waals surface area contributed by atoms with Crippen LogP contribution < -0.4 is 16.0 Å². The molecule has 1 heterocycles. The lowest BCUT2D eigenvalue weighted by Gasteiger charge is -2.27. The summed E-state index contributed by atoms with van der Waals surface area (Å²) in [6.07, 6.45) is 0. The summed E-state index contributed by atoms with van der Waals surface area (Å²) < 4.78 is 19.3. The fourth-order valence-electron chi connectivity index (χ4n) is 2.35. The molecular weight excluding hydrogens is 303 g/mol. The van der Waals surface area contributed by atoms with Crippen molar-refractivity contribution >= 4 is 23.2 Å². The molecular formula is C15H21FN4O3. The highest BCUT2D eigenvalue weighted by Crippen LogP contribution is 2.24. The van der Waals surface area contributed by atoms with Gasteiger partial charge in [0.25, 0.3) is 5.91 Å². The van der Waals surface area contributed by atoms with Gasteiger partial charge in [-0.2, -0.15) is 0 Å². The number of nitrogens with two attached hydrogens (primary N) is 1. The van der Waals surface area contributed by atoms with Gasteiger partial charge < -0.3 is 20.7 Å². The quantitative estimate of drug-likeness (QED) is 0.797. The Labute approximate surface area is 134 Å². The van der Waals surface area contributed by atoms with Crippen LogP contribution in [0, 0.1) is 5.82 Å². The second-order valence-electron chi connectivity index (χ2n) is 5.47. The monoisotopic (exact) mass is 324 g/mol. The van der Waals surface area contributed by atoms with Gasteiger partial charge in [0.2, 0.25) is 5.91 Å². The van der Waals surface area contributed by atoms with Gasteiger partial charge >= 0.3 is 0 Å². The van der Waals surface area contributed by atoms with Gasteiger partial charge in [-0.25, -0.2) is 4.39 Å². The lowest BCUT2D eigenvalue weighted by Crippen LogP contribution is -2.45. The Morgan fingerprint density at radius 1 is 1.52 bits per heavy atom. The maximum absolute atomic E-state index is 14.3. The average Bonchev–Trinajstić information content (AvgIpc) is 2.49. The van der Waals surface area contributed by atoms with Crippen LogP contribution >= 0.6 is 0 Å². The summed E-state index contributed by atoms with van der Waals surface area (Å²) in [6.45, 7) is 0.767. The predicted octanol–water partition coefficient (Wildman–Crippen LogP) is 0.0163. The van der Waals surface area contributed by atoms with E-state index in [9.17, 15) is 14.0 Å². The topological polar surface area (TPSA) is 87.9 Å². The van der Waals surface area contributed by atoms with Crippen molar-refractivity contribution < 1.29 is 18.7 Å². The molecule has 0 bridgehead atoms. The molecule has 2 amide bonds. The Morgan fingerprint density at radius 2 is 2.26 bits per heavy atom. The van der Waals surface area contributed by atoms with Crippen molar-refractivity contribution in [3.8, 4) is 0 Å². The van der Waals surface area contributed by atoms with E-state index in [-0.39, 0.29) is 30.7 Å². The van der Waals surface area contributed by atoms with Crippen molar-refractivity contribution in [3.05, 3.63) is 24.0 Å². The predicted molar refractivity (Wildman–Crippen MR) is 84.7 cm³/mol. The number of halogens is 1. The molecule has 8 heteroatoms. The molecule has 7 nitrogen and oxygen atoms in total. The fourth-order valence-corrected chi connectivity index (χ4v) is 2.35. The highest BCUT2D eigenvalue weighted by atomic mass is 19.1. The van der Waals surface area contributed by atoms with Crippen LogP contribution in [0.4, 0.5) is 15.8 Å². The molecule has 1 aromatic rings. The summed E-state index contributed by atoms with van der Waals surface area (Å²) >= 11 is 0. The first kappa shape index (κ1) is 17.3. The maximum atomic E-state index is 14.3. The van der Waals surface area contributed by atoms with Crippen LogP contribution in [0.15, 0.2) is 18.2 Å². The Morgan fingerprint density at radius 3 is 2.83 bits per heavy atom. The van der Waals surface area contributed by atoms with Gasteiger partial charge in [0, 0.05) is 18.8 Å². The summed E-state index contributed by atoms with van der Waals surface area (Å²) in [7, 11) is 3.48. The standard InChI is InChI=1S/C15H21FN4O3/c1-19(2)13(8-17)15(22)18-10-3-4-12(11(16)7-10)20-5-6-23-9-14(20)21/h3-4,7,13H,5-6,8-9,17H2,1-2H3,(H,18,22)/t13-/m0/s1. The van der Waals surface area contributed by atoms with Crippen molar-refractivity contribution in [1.29, 1.82) is 0 Å². The minimum Gasteiger partial charge on any atom is -0.370 e. The first-order chi connectivity index (χ1) is 10.9. The van der Waals surface area contributed by atoms with Crippen molar-refractivity contribution in [2.75, 3.05) is 50.6 Å². The van der Waals surface area contributed by atoms with Crippen LogP contribution in [0.5, 0.6) is 0 Å². The lowest BCUT2D eigenvalue weighted by molar-refractivity contribution is -0.125. The van der Waals surface area contributed by atoms with Crippen LogP contribution in [0.1, 0.15) is 0 Å². The molecule has 0 unspecified atom stereocenters. The van der Waals surface area contributed by atoms with Gasteiger partial charge in [-0.05, 0) is 32.3 Å². The number of anilines is 2. The summed E-state index contributed by atoms with van der Waals surface area (Å²) in [5.74, 6) is -1.18. The van der Waals surface area contributed by atoms with Crippen LogP contribution in [-0.4, -0.2) is 63.2 Å². The zero-order valence-electron chi connectivity index (χ0n) is 13.2. The third-order valence-corrected chi connectivity index (χ3v) is 3.64. The second-order valence-corrected chi connectivity index (χ2v) is 5.47. The molecule has 0 spiro atoms. The zero-order chi connectivity index (χ0) is 17.0. The summed E-state index contributed by atoms with van der Waals surface area (Å²) in [6, 6.07) is 3.72. The fraction of sp³-hybridized carbons (Fsp3) is 0.467. The number of nitrogens with zero attached hydrogens (tertiary/aromatic N) is 2. The number of carbonyl (C=O) groups is 2. The van der Waals surface area contributed by atoms with Gasteiger partial charge in [0.05, 0.1) is 12.3 Å². The minimum absolute atomic E-state index is 0.0566. The molecule has 126 valence electrons. The highest BCUT2D eigenvalue weighted by molar-refractivity contribution is 5.97. The second kappa shape index (κ2) is 7.49. The van der Waals surface area contributed by atoms with Crippen molar-refractivity contribution in [3.63, 3.8) is 0 Å². The highest BCUT2D eigenvalue weighted by Gasteiger charge is 2.24. The Bertz CT molecular complexity index is 594. The van der Waals surface area contributed by atoms with Gasteiger partial charge in [-0.1, -0.05) is 0 Å². The number of ether oxygens (including phenoxy) is 1. The molecule has 1 saturated heterocycles. The Hall–Kier alpha value is -2.03. The number of rotatable bonds is 5. The van der Waals surface area contributed by atoms with E-state index >= 15 is 0 Å². The average molecular weight is 324 g/mol. The number of nitrogens with one attached hydrogen (secondary N) is 1. The molecule has 1 aromatic carbocycles. The van der Waals surface area contributed by atoms with Crippen molar-refractivity contribution in [2.45, 2.75) is 6.04 Å². The molecule has 0 aliphatic carbocycles. The number of morpholine rings is 1. The molecule has 2 rings (SSSR count). The van der Waals surface area contributed by atoms with Crippen LogP contribution in [0.2, 0.25) is 0 Å². The largest absolute Gasteiger partial charge is 0.370 e. The third kappa shape index (κ3) is 4.04. The molecule has 1 fully saturated rings. The van der Waals surface area contributed by atoms with Gasteiger partial charge in [-0.15, -0.1) is 0 Å². The molecule has 23 heavy (non-hydrogen) atoms. The zero-order valence-corrected chi connectivity index (χ0v) is 13.2. The van der Waals surface area contributed by atoms with Crippen molar-refractivity contribution in [2.24, 2.45) is 5.73 Å². The molecule has 0 aromatic heterocycles. The molecule has 1 aliphatic heterocycles. The summed E-state index contributed by atoms with van der Waals surface area (Å²) in [4.78, 5) is 26.9. The lowest BCUT2D eigenvalue weighted by atomic mass is 10.2.